The average molecular weight is 724 g/mol. The zero-order chi connectivity index (χ0) is 34.7. The molecule has 0 saturated heterocycles. The fourth-order valence-electron chi connectivity index (χ4n) is 5.85. The molecular weight excluding hydrogens is 669 g/mol. The molecule has 2 heterocycles. The van der Waals surface area contributed by atoms with Crippen LogP contribution in [-0.4, -0.2) is 9.13 Å². The van der Waals surface area contributed by atoms with Crippen LogP contribution in [0.3, 0.4) is 0 Å². The van der Waals surface area contributed by atoms with Gasteiger partial charge in [-0.15, -0.1) is 12.1 Å². The third-order valence-corrected chi connectivity index (χ3v) is 7.80. The first kappa shape index (κ1) is 41.5. The molecule has 0 amide bonds. The first-order chi connectivity index (χ1) is 23.7. The minimum Gasteiger partial charge on any atom is -0.344 e. The van der Waals surface area contributed by atoms with E-state index in [9.17, 15) is 0 Å². The molecule has 1 aliphatic rings. The smallest absolute Gasteiger partial charge is 0.0488 e. The van der Waals surface area contributed by atoms with Crippen molar-refractivity contribution in [3.8, 4) is 11.1 Å². The maximum atomic E-state index is 3.15. The molecule has 5 aromatic carbocycles. The summed E-state index contributed by atoms with van der Waals surface area (Å²) in [6.45, 7) is 15.5. The summed E-state index contributed by atoms with van der Waals surface area (Å²) in [4.78, 5) is 0. The van der Waals surface area contributed by atoms with Gasteiger partial charge in [-0.1, -0.05) is 109 Å². The predicted octanol–water partition coefficient (Wildman–Crippen LogP) is 13.4. The van der Waals surface area contributed by atoms with Crippen LogP contribution in [0.25, 0.3) is 49.9 Å². The van der Waals surface area contributed by atoms with Crippen molar-refractivity contribution in [1.29, 1.82) is 0 Å². The van der Waals surface area contributed by atoms with Gasteiger partial charge in [0.05, 0.1) is 0 Å². The van der Waals surface area contributed by atoms with E-state index in [0.717, 1.165) is 17.7 Å². The quantitative estimate of drug-likeness (QED) is 0.157. The van der Waals surface area contributed by atoms with Crippen molar-refractivity contribution < 1.29 is 32.7 Å². The number of nitrogens with zero attached hydrogens (tertiary/aromatic N) is 2. The number of rotatable bonds is 2. The number of fused-ring (bicyclic) bond motifs is 6. The molecule has 2 nitrogen and oxygen atoms in total. The Bertz CT molecular complexity index is 1840. The van der Waals surface area contributed by atoms with Crippen molar-refractivity contribution in [3.05, 3.63) is 151 Å². The van der Waals surface area contributed by atoms with E-state index in [-0.39, 0.29) is 32.7 Å². The van der Waals surface area contributed by atoms with E-state index < -0.39 is 0 Å². The minimum atomic E-state index is 0. The summed E-state index contributed by atoms with van der Waals surface area (Å²) in [6, 6.07) is 47.9. The first-order valence-corrected chi connectivity index (χ1v) is 17.8. The molecule has 1 radical (unpaired) electrons. The Morgan fingerprint density at radius 2 is 1.00 bits per heavy atom. The zero-order valence-corrected chi connectivity index (χ0v) is 33.8. The SMILES string of the molecule is CC.CC.CCC.CCn1c2c(c3ccccc31)CCC=C2.Cn1c2ccccc2c2ccccc21.[Y].[c-]1ccccc1-c1[c-]cccc1. The summed E-state index contributed by atoms with van der Waals surface area (Å²) in [5.41, 5.74) is 9.13. The Morgan fingerprint density at radius 1 is 0.571 bits per heavy atom. The van der Waals surface area contributed by atoms with Gasteiger partial charge in [0.25, 0.3) is 0 Å². The van der Waals surface area contributed by atoms with Gasteiger partial charge in [0.2, 0.25) is 0 Å². The molecule has 0 N–H and O–H groups in total. The Hall–Kier alpha value is -3.72. The summed E-state index contributed by atoms with van der Waals surface area (Å²) in [5.74, 6) is 0. The Morgan fingerprint density at radius 3 is 1.45 bits per heavy atom. The number of hydrogen-bond donors (Lipinski definition) is 0. The Kier molecular flexibility index (Phi) is 19.3. The van der Waals surface area contributed by atoms with E-state index in [0.29, 0.717) is 0 Å². The van der Waals surface area contributed by atoms with Gasteiger partial charge < -0.3 is 9.13 Å². The molecule has 0 saturated carbocycles. The Balaban J connectivity index is 0.000000232. The molecule has 253 valence electrons. The monoisotopic (exact) mass is 723 g/mol. The summed E-state index contributed by atoms with van der Waals surface area (Å²) in [7, 11) is 2.12. The average Bonchev–Trinajstić information content (AvgIpc) is 3.66. The number of allylic oxidation sites excluding steroid dienone is 1. The minimum absolute atomic E-state index is 0. The van der Waals surface area contributed by atoms with E-state index in [2.05, 4.69) is 134 Å². The van der Waals surface area contributed by atoms with Crippen LogP contribution in [0.2, 0.25) is 0 Å². The molecule has 0 unspecified atom stereocenters. The molecule has 3 heteroatoms. The van der Waals surface area contributed by atoms with Crippen molar-refractivity contribution in [2.75, 3.05) is 0 Å². The molecule has 0 aliphatic heterocycles. The topological polar surface area (TPSA) is 9.86 Å². The van der Waals surface area contributed by atoms with E-state index in [1.807, 2.05) is 76.2 Å². The van der Waals surface area contributed by atoms with Gasteiger partial charge >= 0.3 is 0 Å². The van der Waals surface area contributed by atoms with Gasteiger partial charge in [0, 0.05) is 84.7 Å². The summed E-state index contributed by atoms with van der Waals surface area (Å²) in [6.07, 6.45) is 8.19. The largest absolute Gasteiger partial charge is 0.344 e. The van der Waals surface area contributed by atoms with Crippen LogP contribution in [0.4, 0.5) is 0 Å². The summed E-state index contributed by atoms with van der Waals surface area (Å²) in [5, 5.41) is 4.12. The van der Waals surface area contributed by atoms with Crippen LogP contribution in [0.5, 0.6) is 0 Å². The molecule has 2 aromatic heterocycles. The summed E-state index contributed by atoms with van der Waals surface area (Å²) >= 11 is 0. The zero-order valence-electron chi connectivity index (χ0n) is 31.0. The van der Waals surface area contributed by atoms with Crippen LogP contribution >= 0.6 is 0 Å². The summed E-state index contributed by atoms with van der Waals surface area (Å²) < 4.78 is 4.66. The molecule has 0 spiro atoms. The standard InChI is InChI=1S/C14H15N.C13H11N.C12H8.C3H8.2C2H6.Y/c1-2-15-13-9-5-3-7-11(13)12-8-4-6-10-14(12)15;1-14-12-8-4-2-6-10(12)11-7-3-5-9-13(11)14;1-3-7-11(8-4-1)12-9-5-2-6-10-12;1-3-2;2*1-2;/h3,5-7,9-10H,2,4,8H2,1H3;2-9H,1H3;1-7,9H;3H2,1-2H3;2*1-2H3;/q;;-2;;;;. The van der Waals surface area contributed by atoms with Crippen LogP contribution in [0.1, 0.15) is 72.6 Å². The van der Waals surface area contributed by atoms with Gasteiger partial charge in [-0.3, -0.25) is 0 Å². The molecule has 49 heavy (non-hydrogen) atoms. The van der Waals surface area contributed by atoms with Crippen LogP contribution in [-0.2, 0) is 52.7 Å². The van der Waals surface area contributed by atoms with Crippen LogP contribution in [0.15, 0.2) is 127 Å². The fourth-order valence-corrected chi connectivity index (χ4v) is 5.85. The van der Waals surface area contributed by atoms with Crippen molar-refractivity contribution in [1.82, 2.24) is 9.13 Å². The van der Waals surface area contributed by atoms with Crippen molar-refractivity contribution in [2.24, 2.45) is 7.05 Å². The predicted molar refractivity (Wildman–Crippen MR) is 214 cm³/mol. The van der Waals surface area contributed by atoms with Crippen molar-refractivity contribution >= 4 is 38.8 Å². The van der Waals surface area contributed by atoms with E-state index in [1.165, 1.54) is 63.2 Å². The van der Waals surface area contributed by atoms with Crippen molar-refractivity contribution in [3.63, 3.8) is 0 Å². The number of hydrogen-bond acceptors (Lipinski definition) is 0. The van der Waals surface area contributed by atoms with Gasteiger partial charge in [0.15, 0.2) is 0 Å². The molecule has 1 aliphatic carbocycles. The molecule has 0 bridgehead atoms. The van der Waals surface area contributed by atoms with Crippen LogP contribution < -0.4 is 0 Å². The maximum absolute atomic E-state index is 3.15. The van der Waals surface area contributed by atoms with Crippen molar-refractivity contribution in [2.45, 2.75) is 74.3 Å². The molecule has 7 aromatic rings. The normalized spacial score (nSPS) is 10.6. The molecule has 0 fully saturated rings. The second-order valence-corrected chi connectivity index (χ2v) is 10.9. The first-order valence-electron chi connectivity index (χ1n) is 17.8. The third-order valence-electron chi connectivity index (χ3n) is 7.80. The number of benzene rings is 5. The van der Waals surface area contributed by atoms with Gasteiger partial charge in [-0.25, -0.2) is 11.1 Å². The van der Waals surface area contributed by atoms with Gasteiger partial charge in [0.1, 0.15) is 0 Å². The second-order valence-electron chi connectivity index (χ2n) is 10.9. The number of aryl methyl sites for hydroxylation is 3. The number of para-hydroxylation sites is 3. The van der Waals surface area contributed by atoms with Gasteiger partial charge in [-0.05, 0) is 49.6 Å². The van der Waals surface area contributed by atoms with E-state index in [1.54, 1.807) is 0 Å². The third kappa shape index (κ3) is 10.6. The molecule has 0 atom stereocenters. The number of aromatic nitrogens is 2. The fraction of sp³-hybridized carbons (Fsp3) is 0.261. The maximum Gasteiger partial charge on any atom is 0.0488 e. The molecule has 8 rings (SSSR count). The van der Waals surface area contributed by atoms with E-state index in [4.69, 9.17) is 0 Å². The van der Waals surface area contributed by atoms with E-state index >= 15 is 0 Å². The Labute approximate surface area is 321 Å². The van der Waals surface area contributed by atoms with Crippen LogP contribution in [0, 0.1) is 12.1 Å². The van der Waals surface area contributed by atoms with Gasteiger partial charge in [-0.2, -0.15) is 48.5 Å². The molecular formula is C46H54N2Y-2. The second kappa shape index (κ2) is 22.8.